The van der Waals surface area contributed by atoms with Gasteiger partial charge in [0.05, 0.1) is 0 Å². The second-order valence-corrected chi connectivity index (χ2v) is 12.7. The molecule has 4 aliphatic carbocycles. The first-order valence-electron chi connectivity index (χ1n) is 12.6. The SMILES string of the molecule is CC(C)(C)CC1CCC2CC3CCCC3CC21.CC1C(C)C(C)C(C)C1C.[CH3-].[CH3-].[CH3-].[CH3-].[Hf+4]. The van der Waals surface area contributed by atoms with E-state index >= 15 is 0 Å². The Labute approximate surface area is 226 Å². The van der Waals surface area contributed by atoms with Gasteiger partial charge in [-0.15, -0.1) is 0 Å². The van der Waals surface area contributed by atoms with Crippen LogP contribution in [0.15, 0.2) is 0 Å². The van der Waals surface area contributed by atoms with Crippen LogP contribution in [0, 0.1) is 94.3 Å². The maximum Gasteiger partial charge on any atom is 4.00 e. The fourth-order valence-corrected chi connectivity index (χ4v) is 7.83. The van der Waals surface area contributed by atoms with Crippen molar-refractivity contribution in [3.63, 3.8) is 0 Å². The summed E-state index contributed by atoms with van der Waals surface area (Å²) in [7, 11) is 0. The van der Waals surface area contributed by atoms with Crippen molar-refractivity contribution in [2.45, 2.75) is 107 Å². The van der Waals surface area contributed by atoms with Crippen LogP contribution in [0.3, 0.4) is 0 Å². The van der Waals surface area contributed by atoms with Crippen molar-refractivity contribution >= 4 is 0 Å². The van der Waals surface area contributed by atoms with Crippen LogP contribution in [0.2, 0.25) is 0 Å². The monoisotopic (exact) mass is 614 g/mol. The van der Waals surface area contributed by atoms with Crippen molar-refractivity contribution in [3.05, 3.63) is 29.7 Å². The second-order valence-electron chi connectivity index (χ2n) is 12.7. The van der Waals surface area contributed by atoms with Crippen LogP contribution >= 0.6 is 0 Å². The van der Waals surface area contributed by atoms with Gasteiger partial charge in [-0.1, -0.05) is 74.7 Å². The summed E-state index contributed by atoms with van der Waals surface area (Å²) in [5, 5.41) is 0. The molecule has 0 radical (unpaired) electrons. The van der Waals surface area contributed by atoms with Gasteiger partial charge in [0.1, 0.15) is 0 Å². The molecule has 0 aromatic rings. The van der Waals surface area contributed by atoms with E-state index in [9.17, 15) is 0 Å². The molecule has 0 aliphatic heterocycles. The third-order valence-corrected chi connectivity index (χ3v) is 10.1. The van der Waals surface area contributed by atoms with Crippen molar-refractivity contribution in [2.24, 2.45) is 64.6 Å². The first-order valence-corrected chi connectivity index (χ1v) is 12.6. The minimum absolute atomic E-state index is 0. The number of fused-ring (bicyclic) bond motifs is 2. The molecule has 0 heterocycles. The third kappa shape index (κ3) is 8.52. The predicted molar refractivity (Wildman–Crippen MR) is 145 cm³/mol. The standard InChI is InChI=1S/C17H30.C10H20.4CH3.Hf/c1-17(2,3)11-15-8-7-14-9-12-5-4-6-13(12)10-16(14)15;1-6-7(2)9(4)10(5)8(6)3;;;;;/h12-16H,4-11H2,1-3H3;6-10H,1-5H3;4*1H3;/q;;4*-1;+4. The van der Waals surface area contributed by atoms with E-state index in [0.717, 1.165) is 59.2 Å². The molecule has 4 fully saturated rings. The Balaban J connectivity index is -0.000000499. The largest absolute Gasteiger partial charge is 4.00 e. The molecule has 4 saturated carbocycles. The van der Waals surface area contributed by atoms with E-state index in [0.29, 0.717) is 5.41 Å². The molecule has 0 nitrogen and oxygen atoms in total. The molecule has 5 unspecified atom stereocenters. The second kappa shape index (κ2) is 15.1. The Morgan fingerprint density at radius 3 is 1.38 bits per heavy atom. The molecule has 4 rings (SSSR count). The Hall–Kier alpha value is 0.870. The van der Waals surface area contributed by atoms with Crippen LogP contribution in [0.4, 0.5) is 0 Å². The van der Waals surface area contributed by atoms with Crippen molar-refractivity contribution in [3.8, 4) is 0 Å². The summed E-state index contributed by atoms with van der Waals surface area (Å²) >= 11 is 0. The van der Waals surface area contributed by atoms with E-state index in [4.69, 9.17) is 0 Å². The van der Waals surface area contributed by atoms with Gasteiger partial charge >= 0.3 is 25.8 Å². The van der Waals surface area contributed by atoms with E-state index in [1.165, 1.54) is 6.42 Å². The first-order chi connectivity index (χ1) is 12.6. The summed E-state index contributed by atoms with van der Waals surface area (Å²) in [6, 6.07) is 0. The van der Waals surface area contributed by atoms with Gasteiger partial charge < -0.3 is 29.7 Å². The van der Waals surface area contributed by atoms with Gasteiger partial charge in [-0.05, 0) is 96.7 Å². The van der Waals surface area contributed by atoms with Crippen LogP contribution < -0.4 is 0 Å². The normalized spacial score (nSPS) is 41.6. The van der Waals surface area contributed by atoms with Gasteiger partial charge in [0.25, 0.3) is 0 Å². The van der Waals surface area contributed by atoms with Gasteiger partial charge in [0.15, 0.2) is 0 Å². The summed E-state index contributed by atoms with van der Waals surface area (Å²) in [5.41, 5.74) is 0.548. The summed E-state index contributed by atoms with van der Waals surface area (Å²) in [5.74, 6) is 10.3. The molecule has 0 aromatic heterocycles. The van der Waals surface area contributed by atoms with Crippen LogP contribution in [0.1, 0.15) is 107 Å². The van der Waals surface area contributed by atoms with Crippen molar-refractivity contribution < 1.29 is 25.8 Å². The average molecular weight is 613 g/mol. The molecular formula is C31H62Hf. The molecule has 4 aliphatic rings. The number of rotatable bonds is 1. The van der Waals surface area contributed by atoms with Gasteiger partial charge in [-0.2, -0.15) is 0 Å². The summed E-state index contributed by atoms with van der Waals surface area (Å²) in [6.07, 6.45) is 12.5. The fourth-order valence-electron chi connectivity index (χ4n) is 7.83. The predicted octanol–water partition coefficient (Wildman–Crippen LogP) is 10.3. The van der Waals surface area contributed by atoms with E-state index in [2.05, 4.69) is 55.4 Å². The van der Waals surface area contributed by atoms with Gasteiger partial charge in [0.2, 0.25) is 0 Å². The summed E-state index contributed by atoms with van der Waals surface area (Å²) in [4.78, 5) is 0. The van der Waals surface area contributed by atoms with Crippen molar-refractivity contribution in [2.75, 3.05) is 0 Å². The Morgan fingerprint density at radius 1 is 0.562 bits per heavy atom. The molecule has 5 atom stereocenters. The van der Waals surface area contributed by atoms with Gasteiger partial charge in [-0.3, -0.25) is 0 Å². The minimum Gasteiger partial charge on any atom is -0.358 e. The van der Waals surface area contributed by atoms with Crippen LogP contribution in [-0.2, 0) is 25.8 Å². The Bertz CT molecular complexity index is 433. The number of hydrogen-bond acceptors (Lipinski definition) is 0. The third-order valence-electron chi connectivity index (χ3n) is 10.1. The van der Waals surface area contributed by atoms with E-state index in [1.807, 2.05) is 0 Å². The Morgan fingerprint density at radius 2 is 0.969 bits per heavy atom. The smallest absolute Gasteiger partial charge is 0.358 e. The summed E-state index contributed by atoms with van der Waals surface area (Å²) < 4.78 is 0. The number of hydrogen-bond donors (Lipinski definition) is 0. The van der Waals surface area contributed by atoms with E-state index in [1.54, 1.807) is 44.9 Å². The van der Waals surface area contributed by atoms with E-state index < -0.39 is 0 Å². The average Bonchev–Trinajstić information content (AvgIpc) is 3.25. The van der Waals surface area contributed by atoms with Crippen LogP contribution in [0.25, 0.3) is 0 Å². The van der Waals surface area contributed by atoms with Crippen LogP contribution in [0.5, 0.6) is 0 Å². The topological polar surface area (TPSA) is 0 Å². The Kier molecular flexibility index (Phi) is 17.6. The summed E-state index contributed by atoms with van der Waals surface area (Å²) in [6.45, 7) is 19.3. The zero-order valence-electron chi connectivity index (χ0n) is 24.4. The molecule has 0 amide bonds. The molecule has 0 N–H and O–H groups in total. The van der Waals surface area contributed by atoms with Gasteiger partial charge in [0, 0.05) is 0 Å². The minimum atomic E-state index is 0. The zero-order valence-corrected chi connectivity index (χ0v) is 28.0. The van der Waals surface area contributed by atoms with Crippen molar-refractivity contribution in [1.29, 1.82) is 0 Å². The van der Waals surface area contributed by atoms with Gasteiger partial charge in [-0.25, -0.2) is 0 Å². The molecule has 32 heavy (non-hydrogen) atoms. The van der Waals surface area contributed by atoms with Crippen LogP contribution in [-0.4, -0.2) is 0 Å². The maximum absolute atomic E-state index is 2.43. The molecule has 1 heteroatoms. The molecule has 190 valence electrons. The fraction of sp³-hybridized carbons (Fsp3) is 0.871. The molecule has 0 saturated heterocycles. The molecular weight excluding hydrogens is 551 g/mol. The molecule has 0 spiro atoms. The molecule has 0 bridgehead atoms. The maximum atomic E-state index is 2.43. The molecule has 0 aromatic carbocycles. The zero-order chi connectivity index (χ0) is 19.9. The first kappa shape index (κ1) is 37.4. The van der Waals surface area contributed by atoms with Crippen molar-refractivity contribution in [1.82, 2.24) is 0 Å². The van der Waals surface area contributed by atoms with E-state index in [-0.39, 0.29) is 55.5 Å². The quantitative estimate of drug-likeness (QED) is 0.204.